The van der Waals surface area contributed by atoms with Crippen LogP contribution in [0.25, 0.3) is 22.3 Å². The first-order valence-corrected chi connectivity index (χ1v) is 10.8. The minimum atomic E-state index is -0.114. The van der Waals surface area contributed by atoms with E-state index in [4.69, 9.17) is 0 Å². The minimum absolute atomic E-state index is 0.113. The molecule has 0 radical (unpaired) electrons. The fourth-order valence-corrected chi connectivity index (χ4v) is 4.15. The Hall–Kier alpha value is -2.93. The van der Waals surface area contributed by atoms with Gasteiger partial charge in [-0.25, -0.2) is 4.98 Å². The number of nitrogens with one attached hydrogen (secondary N) is 1. The average Bonchev–Trinajstić information content (AvgIpc) is 3.07. The SMILES string of the molecule is Cc1cccc2c(=O)[nH]c(CSc3nnc(-c4ccc(C(C)(C)C)cc4)n3C)nc12. The molecule has 0 fully saturated rings. The van der Waals surface area contributed by atoms with E-state index < -0.39 is 0 Å². The molecule has 4 aromatic rings. The molecule has 30 heavy (non-hydrogen) atoms. The molecule has 6 nitrogen and oxygen atoms in total. The second kappa shape index (κ2) is 7.72. The summed E-state index contributed by atoms with van der Waals surface area (Å²) in [6.45, 7) is 8.56. The smallest absolute Gasteiger partial charge is 0.258 e. The van der Waals surface area contributed by atoms with E-state index in [1.54, 1.807) is 6.07 Å². The third-order valence-electron chi connectivity index (χ3n) is 5.17. The molecular formula is C23H25N5OS. The minimum Gasteiger partial charge on any atom is -0.309 e. The molecule has 0 aliphatic heterocycles. The van der Waals surface area contributed by atoms with Crippen molar-refractivity contribution in [2.24, 2.45) is 7.05 Å². The van der Waals surface area contributed by atoms with Gasteiger partial charge in [0.15, 0.2) is 11.0 Å². The van der Waals surface area contributed by atoms with Gasteiger partial charge in [0.2, 0.25) is 0 Å². The Bertz CT molecular complexity index is 1270. The summed E-state index contributed by atoms with van der Waals surface area (Å²) in [5, 5.41) is 10.1. The van der Waals surface area contributed by atoms with Crippen LogP contribution in [0.15, 0.2) is 52.4 Å². The Morgan fingerprint density at radius 1 is 1.07 bits per heavy atom. The summed E-state index contributed by atoms with van der Waals surface area (Å²) in [6.07, 6.45) is 0. The Labute approximate surface area is 179 Å². The number of hydrogen-bond donors (Lipinski definition) is 1. The molecule has 2 aromatic heterocycles. The normalized spacial score (nSPS) is 11.9. The van der Waals surface area contributed by atoms with Gasteiger partial charge in [0, 0.05) is 12.6 Å². The monoisotopic (exact) mass is 419 g/mol. The number of thioether (sulfide) groups is 1. The standard InChI is InChI=1S/C23H25N5OS/c1-14-7-6-8-17-19(14)24-18(25-21(17)29)13-30-22-27-26-20(28(22)5)15-9-11-16(12-10-15)23(2,3)4/h6-12H,13H2,1-5H3,(H,24,25,29). The third kappa shape index (κ3) is 3.89. The molecule has 154 valence electrons. The molecule has 1 N–H and O–H groups in total. The topological polar surface area (TPSA) is 76.5 Å². The maximum atomic E-state index is 12.4. The molecule has 0 unspecified atom stereocenters. The summed E-state index contributed by atoms with van der Waals surface area (Å²) < 4.78 is 1.97. The van der Waals surface area contributed by atoms with E-state index in [1.165, 1.54) is 17.3 Å². The fourth-order valence-electron chi connectivity index (χ4n) is 3.36. The third-order valence-corrected chi connectivity index (χ3v) is 6.20. The van der Waals surface area contributed by atoms with Crippen LogP contribution in [0.1, 0.15) is 37.7 Å². The Morgan fingerprint density at radius 3 is 2.50 bits per heavy atom. The molecule has 4 rings (SSSR count). The van der Waals surface area contributed by atoms with Crippen LogP contribution in [0.2, 0.25) is 0 Å². The first-order chi connectivity index (χ1) is 14.2. The maximum absolute atomic E-state index is 12.4. The van der Waals surface area contributed by atoms with Crippen LogP contribution in [0.4, 0.5) is 0 Å². The Balaban J connectivity index is 1.56. The summed E-state index contributed by atoms with van der Waals surface area (Å²) in [5.74, 6) is 1.95. The van der Waals surface area contributed by atoms with Crippen molar-refractivity contribution in [3.8, 4) is 11.4 Å². The molecule has 0 saturated heterocycles. The van der Waals surface area contributed by atoms with Gasteiger partial charge in [-0.05, 0) is 29.5 Å². The summed E-state index contributed by atoms with van der Waals surface area (Å²) in [5.41, 5.74) is 4.04. The highest BCUT2D eigenvalue weighted by Gasteiger charge is 2.16. The van der Waals surface area contributed by atoms with Gasteiger partial charge in [0.1, 0.15) is 5.82 Å². The van der Waals surface area contributed by atoms with E-state index in [0.29, 0.717) is 17.0 Å². The highest BCUT2D eigenvalue weighted by atomic mass is 32.2. The van der Waals surface area contributed by atoms with Crippen molar-refractivity contribution < 1.29 is 0 Å². The summed E-state index contributed by atoms with van der Waals surface area (Å²) in [6, 6.07) is 14.1. The second-order valence-electron chi connectivity index (χ2n) is 8.46. The largest absolute Gasteiger partial charge is 0.309 e. The van der Waals surface area contributed by atoms with Gasteiger partial charge in [-0.2, -0.15) is 0 Å². The van der Waals surface area contributed by atoms with E-state index >= 15 is 0 Å². The molecule has 0 aliphatic rings. The molecule has 0 bridgehead atoms. The van der Waals surface area contributed by atoms with E-state index in [-0.39, 0.29) is 11.0 Å². The van der Waals surface area contributed by atoms with Crippen LogP contribution in [0, 0.1) is 6.92 Å². The number of para-hydroxylation sites is 1. The van der Waals surface area contributed by atoms with Gasteiger partial charge in [-0.3, -0.25) is 4.79 Å². The molecule has 0 spiro atoms. The number of aryl methyl sites for hydroxylation is 1. The highest BCUT2D eigenvalue weighted by molar-refractivity contribution is 7.98. The number of aromatic nitrogens is 5. The van der Waals surface area contributed by atoms with Crippen LogP contribution in [0.3, 0.4) is 0 Å². The fraction of sp³-hybridized carbons (Fsp3) is 0.304. The van der Waals surface area contributed by atoms with Gasteiger partial charge < -0.3 is 9.55 Å². The zero-order valence-corrected chi connectivity index (χ0v) is 18.7. The zero-order chi connectivity index (χ0) is 21.5. The number of H-pyrrole nitrogens is 1. The van der Waals surface area contributed by atoms with Gasteiger partial charge in [-0.1, -0.05) is 68.9 Å². The number of aromatic amines is 1. The molecule has 0 saturated carbocycles. The summed E-state index contributed by atoms with van der Waals surface area (Å²) in [4.78, 5) is 19.9. The lowest BCUT2D eigenvalue weighted by Gasteiger charge is -2.19. The zero-order valence-electron chi connectivity index (χ0n) is 17.9. The van der Waals surface area contributed by atoms with Crippen molar-refractivity contribution >= 4 is 22.7 Å². The van der Waals surface area contributed by atoms with Gasteiger partial charge >= 0.3 is 0 Å². The van der Waals surface area contributed by atoms with E-state index in [2.05, 4.69) is 65.2 Å². The molecular weight excluding hydrogens is 394 g/mol. The van der Waals surface area contributed by atoms with Crippen molar-refractivity contribution in [2.75, 3.05) is 0 Å². The van der Waals surface area contributed by atoms with Gasteiger partial charge in [0.25, 0.3) is 5.56 Å². The van der Waals surface area contributed by atoms with Crippen molar-refractivity contribution in [2.45, 2.75) is 44.0 Å². The number of hydrogen-bond acceptors (Lipinski definition) is 5. The number of fused-ring (bicyclic) bond motifs is 1. The maximum Gasteiger partial charge on any atom is 0.258 e. The molecule has 7 heteroatoms. The predicted molar refractivity (Wildman–Crippen MR) is 122 cm³/mol. The first-order valence-electron chi connectivity index (χ1n) is 9.85. The first kappa shape index (κ1) is 20.3. The Morgan fingerprint density at radius 2 is 1.80 bits per heavy atom. The molecule has 0 amide bonds. The lowest BCUT2D eigenvalue weighted by atomic mass is 9.87. The number of benzene rings is 2. The number of rotatable bonds is 4. The molecule has 2 heterocycles. The van der Waals surface area contributed by atoms with Crippen molar-refractivity contribution in [3.05, 3.63) is 69.8 Å². The quantitative estimate of drug-likeness (QED) is 0.489. The van der Waals surface area contributed by atoms with Gasteiger partial charge in [-0.15, -0.1) is 10.2 Å². The summed E-state index contributed by atoms with van der Waals surface area (Å²) in [7, 11) is 1.95. The molecule has 2 aromatic carbocycles. The van der Waals surface area contributed by atoms with Crippen LogP contribution in [-0.2, 0) is 18.2 Å². The van der Waals surface area contributed by atoms with Crippen LogP contribution >= 0.6 is 11.8 Å². The van der Waals surface area contributed by atoms with E-state index in [9.17, 15) is 4.79 Å². The van der Waals surface area contributed by atoms with Crippen LogP contribution in [0.5, 0.6) is 0 Å². The van der Waals surface area contributed by atoms with Crippen LogP contribution in [-0.4, -0.2) is 24.7 Å². The molecule has 0 atom stereocenters. The van der Waals surface area contributed by atoms with E-state index in [0.717, 1.165) is 27.6 Å². The highest BCUT2D eigenvalue weighted by Crippen LogP contribution is 2.27. The average molecular weight is 420 g/mol. The summed E-state index contributed by atoms with van der Waals surface area (Å²) >= 11 is 1.50. The van der Waals surface area contributed by atoms with E-state index in [1.807, 2.05) is 30.7 Å². The van der Waals surface area contributed by atoms with Crippen LogP contribution < -0.4 is 5.56 Å². The molecule has 0 aliphatic carbocycles. The van der Waals surface area contributed by atoms with Crippen molar-refractivity contribution in [1.29, 1.82) is 0 Å². The lowest BCUT2D eigenvalue weighted by molar-refractivity contribution is 0.590. The Kier molecular flexibility index (Phi) is 5.24. The second-order valence-corrected chi connectivity index (χ2v) is 9.41. The van der Waals surface area contributed by atoms with Crippen molar-refractivity contribution in [3.63, 3.8) is 0 Å². The predicted octanol–water partition coefficient (Wildman–Crippen LogP) is 4.62. The van der Waals surface area contributed by atoms with Crippen molar-refractivity contribution in [1.82, 2.24) is 24.7 Å². The van der Waals surface area contributed by atoms with Gasteiger partial charge in [0.05, 0.1) is 16.7 Å². The lowest BCUT2D eigenvalue weighted by Crippen LogP contribution is -2.12. The number of nitrogens with zero attached hydrogens (tertiary/aromatic N) is 4.